The molecule has 0 atom stereocenters. The maximum absolute atomic E-state index is 11.0. The van der Waals surface area contributed by atoms with Crippen LogP contribution < -0.4 is 5.32 Å². The molecule has 88 valence electrons. The Balaban J connectivity index is 1.74. The quantitative estimate of drug-likeness (QED) is 0.822. The first-order valence-corrected chi connectivity index (χ1v) is 5.47. The van der Waals surface area contributed by atoms with Crippen LogP contribution in [0.5, 0.6) is 0 Å². The van der Waals surface area contributed by atoms with Gasteiger partial charge in [-0.2, -0.15) is 5.10 Å². The van der Waals surface area contributed by atoms with Crippen LogP contribution in [-0.2, 0) is 4.79 Å². The van der Waals surface area contributed by atoms with Crippen LogP contribution in [0.25, 0.3) is 5.65 Å². The molecule has 0 saturated heterocycles. The van der Waals surface area contributed by atoms with Crippen LogP contribution in [0.2, 0.25) is 0 Å². The van der Waals surface area contributed by atoms with E-state index in [2.05, 4.69) is 15.4 Å². The van der Waals surface area contributed by atoms with E-state index in [1.165, 1.54) is 0 Å². The number of carbonyl (C=O) groups is 1. The van der Waals surface area contributed by atoms with Crippen molar-refractivity contribution in [3.8, 4) is 0 Å². The maximum Gasteiger partial charge on any atom is 0.311 e. The zero-order valence-electron chi connectivity index (χ0n) is 9.13. The first kappa shape index (κ1) is 10.1. The van der Waals surface area contributed by atoms with E-state index < -0.39 is 11.4 Å². The second kappa shape index (κ2) is 3.44. The van der Waals surface area contributed by atoms with Crippen LogP contribution in [0, 0.1) is 5.41 Å². The summed E-state index contributed by atoms with van der Waals surface area (Å²) in [5, 5.41) is 16.2. The van der Waals surface area contributed by atoms with E-state index >= 15 is 0 Å². The van der Waals surface area contributed by atoms with Gasteiger partial charge in [0, 0.05) is 18.8 Å². The molecule has 1 saturated carbocycles. The molecule has 6 nitrogen and oxygen atoms in total. The lowest BCUT2D eigenvalue weighted by atomic mass is 10.1. The molecule has 17 heavy (non-hydrogen) atoms. The Morgan fingerprint density at radius 3 is 3.06 bits per heavy atom. The Hall–Kier alpha value is -2.11. The van der Waals surface area contributed by atoms with E-state index in [0.29, 0.717) is 12.4 Å². The van der Waals surface area contributed by atoms with Gasteiger partial charge in [-0.15, -0.1) is 0 Å². The molecule has 1 aliphatic rings. The van der Waals surface area contributed by atoms with Crippen molar-refractivity contribution in [1.29, 1.82) is 0 Å². The second-order valence-electron chi connectivity index (χ2n) is 4.39. The van der Waals surface area contributed by atoms with Crippen molar-refractivity contribution < 1.29 is 9.90 Å². The highest BCUT2D eigenvalue weighted by Crippen LogP contribution is 2.45. The Bertz CT molecular complexity index is 574. The molecule has 0 radical (unpaired) electrons. The van der Waals surface area contributed by atoms with Crippen molar-refractivity contribution in [2.45, 2.75) is 12.8 Å². The summed E-state index contributed by atoms with van der Waals surface area (Å²) in [5.74, 6) is -0.0408. The minimum Gasteiger partial charge on any atom is -0.481 e. The molecule has 1 aliphatic carbocycles. The number of nitrogens with zero attached hydrogens (tertiary/aromatic N) is 3. The molecule has 0 aliphatic heterocycles. The van der Waals surface area contributed by atoms with Crippen LogP contribution >= 0.6 is 0 Å². The highest BCUT2D eigenvalue weighted by Gasteiger charge is 2.50. The molecule has 0 amide bonds. The van der Waals surface area contributed by atoms with E-state index in [9.17, 15) is 4.79 Å². The van der Waals surface area contributed by atoms with E-state index in [-0.39, 0.29) is 0 Å². The van der Waals surface area contributed by atoms with E-state index in [1.807, 2.05) is 0 Å². The average Bonchev–Trinajstić information content (AvgIpc) is 2.98. The van der Waals surface area contributed by atoms with Crippen molar-refractivity contribution in [1.82, 2.24) is 14.6 Å². The molecular formula is C11H12N4O2. The molecular weight excluding hydrogens is 220 g/mol. The van der Waals surface area contributed by atoms with Gasteiger partial charge in [-0.25, -0.2) is 9.50 Å². The minimum atomic E-state index is -0.726. The van der Waals surface area contributed by atoms with Gasteiger partial charge in [0.1, 0.15) is 5.82 Å². The summed E-state index contributed by atoms with van der Waals surface area (Å²) in [6.45, 7) is 0.430. The Morgan fingerprint density at radius 1 is 1.53 bits per heavy atom. The van der Waals surface area contributed by atoms with Crippen molar-refractivity contribution >= 4 is 17.4 Å². The van der Waals surface area contributed by atoms with Crippen LogP contribution in [0.3, 0.4) is 0 Å². The fraction of sp³-hybridized carbons (Fsp3) is 0.364. The Morgan fingerprint density at radius 2 is 2.35 bits per heavy atom. The van der Waals surface area contributed by atoms with Crippen molar-refractivity contribution in [2.24, 2.45) is 5.41 Å². The first-order valence-electron chi connectivity index (χ1n) is 5.47. The lowest BCUT2D eigenvalue weighted by molar-refractivity contribution is -0.142. The van der Waals surface area contributed by atoms with Crippen LogP contribution in [0.15, 0.2) is 24.5 Å². The predicted molar refractivity (Wildman–Crippen MR) is 60.8 cm³/mol. The molecule has 0 bridgehead atoms. The Kier molecular flexibility index (Phi) is 2.04. The summed E-state index contributed by atoms with van der Waals surface area (Å²) < 4.78 is 1.66. The average molecular weight is 232 g/mol. The monoisotopic (exact) mass is 232 g/mol. The molecule has 1 fully saturated rings. The topological polar surface area (TPSA) is 79.5 Å². The summed E-state index contributed by atoms with van der Waals surface area (Å²) >= 11 is 0. The lowest BCUT2D eigenvalue weighted by Crippen LogP contribution is -2.24. The number of fused-ring (bicyclic) bond motifs is 1. The van der Waals surface area contributed by atoms with E-state index in [0.717, 1.165) is 18.5 Å². The summed E-state index contributed by atoms with van der Waals surface area (Å²) in [6, 6.07) is 3.59. The fourth-order valence-corrected chi connectivity index (χ4v) is 1.79. The van der Waals surface area contributed by atoms with Gasteiger partial charge in [-0.3, -0.25) is 4.79 Å². The molecule has 0 unspecified atom stereocenters. The van der Waals surface area contributed by atoms with Crippen molar-refractivity contribution in [3.05, 3.63) is 24.5 Å². The summed E-state index contributed by atoms with van der Waals surface area (Å²) in [7, 11) is 0. The number of aliphatic carboxylic acids is 1. The first-order chi connectivity index (χ1) is 8.20. The highest BCUT2D eigenvalue weighted by molar-refractivity contribution is 5.78. The van der Waals surface area contributed by atoms with Gasteiger partial charge in [0.25, 0.3) is 0 Å². The number of rotatable bonds is 4. The van der Waals surface area contributed by atoms with Gasteiger partial charge in [-0.05, 0) is 18.9 Å². The van der Waals surface area contributed by atoms with E-state index in [4.69, 9.17) is 5.11 Å². The van der Waals surface area contributed by atoms with Crippen LogP contribution in [0.1, 0.15) is 12.8 Å². The van der Waals surface area contributed by atoms with Crippen molar-refractivity contribution in [2.75, 3.05) is 11.9 Å². The standard InChI is InChI=1S/C11H12N4O2/c16-10(17)11(3-4-11)7-12-8-2-6-15-9(14-8)1-5-13-15/h1-2,5-6H,3-4,7H2,(H,12,14)(H,16,17). The Labute approximate surface area is 97.3 Å². The predicted octanol–water partition coefficient (Wildman–Crippen LogP) is 1.01. The smallest absolute Gasteiger partial charge is 0.311 e. The molecule has 2 N–H and O–H groups in total. The zero-order chi connectivity index (χ0) is 11.9. The van der Waals surface area contributed by atoms with Gasteiger partial charge in [0.2, 0.25) is 0 Å². The maximum atomic E-state index is 11.0. The third kappa shape index (κ3) is 1.71. The zero-order valence-corrected chi connectivity index (χ0v) is 9.13. The molecule has 2 aromatic rings. The third-order valence-electron chi connectivity index (χ3n) is 3.17. The molecule has 2 heterocycles. The molecule has 3 rings (SSSR count). The summed E-state index contributed by atoms with van der Waals surface area (Å²) in [5.41, 5.74) is 0.170. The highest BCUT2D eigenvalue weighted by atomic mass is 16.4. The second-order valence-corrected chi connectivity index (χ2v) is 4.39. The van der Waals surface area contributed by atoms with E-state index in [1.54, 1.807) is 29.0 Å². The number of aromatic nitrogens is 3. The number of carboxylic acid groups (broad SMARTS) is 1. The number of nitrogens with one attached hydrogen (secondary N) is 1. The SMILES string of the molecule is O=C(O)C1(CNc2ccn3nccc3n2)CC1. The summed E-state index contributed by atoms with van der Waals surface area (Å²) in [6.07, 6.45) is 4.95. The lowest BCUT2D eigenvalue weighted by Gasteiger charge is -2.11. The molecule has 0 aromatic carbocycles. The summed E-state index contributed by atoms with van der Waals surface area (Å²) in [4.78, 5) is 15.3. The van der Waals surface area contributed by atoms with Gasteiger partial charge in [-0.1, -0.05) is 0 Å². The van der Waals surface area contributed by atoms with Crippen LogP contribution in [0.4, 0.5) is 5.82 Å². The molecule has 6 heteroatoms. The largest absolute Gasteiger partial charge is 0.481 e. The number of carboxylic acids is 1. The number of hydrogen-bond acceptors (Lipinski definition) is 4. The van der Waals surface area contributed by atoms with Crippen LogP contribution in [-0.4, -0.2) is 32.2 Å². The number of hydrogen-bond donors (Lipinski definition) is 2. The van der Waals surface area contributed by atoms with Gasteiger partial charge in [0.05, 0.1) is 11.6 Å². The normalized spacial score (nSPS) is 16.9. The molecule has 2 aromatic heterocycles. The van der Waals surface area contributed by atoms with Gasteiger partial charge >= 0.3 is 5.97 Å². The number of anilines is 1. The van der Waals surface area contributed by atoms with Crippen molar-refractivity contribution in [3.63, 3.8) is 0 Å². The van der Waals surface area contributed by atoms with Gasteiger partial charge in [0.15, 0.2) is 5.65 Å². The van der Waals surface area contributed by atoms with Gasteiger partial charge < -0.3 is 10.4 Å². The minimum absolute atomic E-state index is 0.430. The molecule has 0 spiro atoms. The fourth-order valence-electron chi connectivity index (χ4n) is 1.79. The third-order valence-corrected chi connectivity index (χ3v) is 3.17.